The number of nitrogens with zero attached hydrogens (tertiary/aromatic N) is 1. The van der Waals surface area contributed by atoms with E-state index in [9.17, 15) is 0 Å². The Morgan fingerprint density at radius 1 is 1.03 bits per heavy atom. The summed E-state index contributed by atoms with van der Waals surface area (Å²) in [7, 11) is 1.67. The number of hydrogen-bond acceptors (Lipinski definition) is 5. The van der Waals surface area contributed by atoms with Crippen molar-refractivity contribution in [3.05, 3.63) is 72.2 Å². The summed E-state index contributed by atoms with van der Waals surface area (Å²) < 4.78 is 22.4. The molecule has 7 heteroatoms. The highest BCUT2D eigenvalue weighted by atomic mass is 16.5. The molecule has 0 amide bonds. The van der Waals surface area contributed by atoms with Crippen molar-refractivity contribution in [2.75, 3.05) is 32.2 Å². The zero-order valence-electron chi connectivity index (χ0n) is 17.6. The monoisotopic (exact) mass is 421 g/mol. The highest BCUT2D eigenvalue weighted by Gasteiger charge is 2.12. The van der Waals surface area contributed by atoms with E-state index in [-0.39, 0.29) is 0 Å². The maximum Gasteiger partial charge on any atom is 0.196 e. The van der Waals surface area contributed by atoms with E-state index >= 15 is 0 Å². The Kier molecular flexibility index (Phi) is 6.95. The standard InChI is InChI=1S/C24H27N3O4/c1-28-21-8-3-2-6-18(21)17-26-24(25-12-11-20-7-4-13-29-20)27-19-9-10-22-23(16-19)31-15-5-14-30-22/h2-4,6-10,13,16H,5,11-12,14-15,17H2,1H3,(H2,25,26,27). The molecular weight excluding hydrogens is 394 g/mol. The Balaban J connectivity index is 1.49. The van der Waals surface area contributed by atoms with Crippen molar-refractivity contribution in [3.63, 3.8) is 0 Å². The van der Waals surface area contributed by atoms with Crippen LogP contribution >= 0.6 is 0 Å². The molecule has 4 rings (SSSR count). The molecule has 1 aromatic heterocycles. The Morgan fingerprint density at radius 3 is 2.74 bits per heavy atom. The maximum atomic E-state index is 5.81. The van der Waals surface area contributed by atoms with Crippen molar-refractivity contribution < 1.29 is 18.6 Å². The molecular formula is C24H27N3O4. The van der Waals surface area contributed by atoms with Crippen LogP contribution in [-0.2, 0) is 13.0 Å². The molecule has 2 N–H and O–H groups in total. The average Bonchev–Trinajstić information content (AvgIpc) is 3.21. The minimum Gasteiger partial charge on any atom is -0.496 e. The molecule has 0 aliphatic carbocycles. The molecule has 0 atom stereocenters. The van der Waals surface area contributed by atoms with Gasteiger partial charge in [-0.15, -0.1) is 0 Å². The quantitative estimate of drug-likeness (QED) is 0.439. The lowest BCUT2D eigenvalue weighted by molar-refractivity contribution is 0.297. The first-order valence-corrected chi connectivity index (χ1v) is 10.4. The predicted molar refractivity (Wildman–Crippen MR) is 120 cm³/mol. The van der Waals surface area contributed by atoms with Crippen LogP contribution in [0, 0.1) is 0 Å². The molecule has 0 radical (unpaired) electrons. The van der Waals surface area contributed by atoms with Gasteiger partial charge in [0, 0.05) is 36.7 Å². The van der Waals surface area contributed by atoms with E-state index in [0.29, 0.717) is 32.3 Å². The van der Waals surface area contributed by atoms with Crippen LogP contribution in [0.5, 0.6) is 17.2 Å². The molecule has 0 fully saturated rings. The summed E-state index contributed by atoms with van der Waals surface area (Å²) in [4.78, 5) is 4.76. The second-order valence-electron chi connectivity index (χ2n) is 7.07. The number of aliphatic imine (C=N–C) groups is 1. The summed E-state index contributed by atoms with van der Waals surface area (Å²) in [6, 6.07) is 17.5. The van der Waals surface area contributed by atoms with Crippen LogP contribution in [0.4, 0.5) is 5.69 Å². The number of rotatable bonds is 7. The third kappa shape index (κ3) is 5.72. The van der Waals surface area contributed by atoms with Gasteiger partial charge in [0.05, 0.1) is 33.1 Å². The Labute approximate surface area is 182 Å². The van der Waals surface area contributed by atoms with E-state index in [2.05, 4.69) is 10.6 Å². The van der Waals surface area contributed by atoms with Crippen molar-refractivity contribution >= 4 is 11.6 Å². The molecule has 0 saturated heterocycles. The number of benzene rings is 2. The zero-order valence-corrected chi connectivity index (χ0v) is 17.6. The molecule has 7 nitrogen and oxygen atoms in total. The van der Waals surface area contributed by atoms with Gasteiger partial charge < -0.3 is 29.3 Å². The molecule has 162 valence electrons. The summed E-state index contributed by atoms with van der Waals surface area (Å²) in [6.45, 7) is 2.47. The Morgan fingerprint density at radius 2 is 1.90 bits per heavy atom. The lowest BCUT2D eigenvalue weighted by atomic mass is 10.2. The lowest BCUT2D eigenvalue weighted by Gasteiger charge is -2.15. The van der Waals surface area contributed by atoms with Gasteiger partial charge in [0.25, 0.3) is 0 Å². The Hall–Kier alpha value is -3.61. The minimum absolute atomic E-state index is 0.477. The van der Waals surface area contributed by atoms with E-state index in [1.807, 2.05) is 54.6 Å². The topological polar surface area (TPSA) is 77.2 Å². The van der Waals surface area contributed by atoms with Crippen LogP contribution in [0.1, 0.15) is 17.7 Å². The molecule has 2 aromatic carbocycles. The summed E-state index contributed by atoms with van der Waals surface area (Å²) in [5, 5.41) is 6.74. The lowest BCUT2D eigenvalue weighted by Crippen LogP contribution is -2.32. The number of hydrogen-bond donors (Lipinski definition) is 2. The van der Waals surface area contributed by atoms with Crippen molar-refractivity contribution in [2.24, 2.45) is 4.99 Å². The van der Waals surface area contributed by atoms with Gasteiger partial charge in [0.15, 0.2) is 17.5 Å². The van der Waals surface area contributed by atoms with Gasteiger partial charge in [-0.05, 0) is 30.3 Å². The number of methoxy groups -OCH3 is 1. The first kappa shape index (κ1) is 20.7. The van der Waals surface area contributed by atoms with Crippen LogP contribution in [0.25, 0.3) is 0 Å². The molecule has 31 heavy (non-hydrogen) atoms. The fourth-order valence-electron chi connectivity index (χ4n) is 3.27. The van der Waals surface area contributed by atoms with Crippen molar-refractivity contribution in [3.8, 4) is 17.2 Å². The van der Waals surface area contributed by atoms with Crippen LogP contribution in [0.15, 0.2) is 70.3 Å². The number of guanidine groups is 1. The van der Waals surface area contributed by atoms with Crippen molar-refractivity contribution in [1.29, 1.82) is 0 Å². The van der Waals surface area contributed by atoms with E-state index in [1.165, 1.54) is 0 Å². The largest absolute Gasteiger partial charge is 0.496 e. The van der Waals surface area contributed by atoms with E-state index in [1.54, 1.807) is 13.4 Å². The fraction of sp³-hybridized carbons (Fsp3) is 0.292. The molecule has 1 aliphatic rings. The van der Waals surface area contributed by atoms with Gasteiger partial charge in [-0.2, -0.15) is 0 Å². The van der Waals surface area contributed by atoms with Crippen LogP contribution in [-0.4, -0.2) is 32.8 Å². The SMILES string of the molecule is COc1ccccc1CN=C(NCCc1ccco1)Nc1ccc2c(c1)OCCCO2. The molecule has 0 unspecified atom stereocenters. The molecule has 0 bridgehead atoms. The molecule has 0 spiro atoms. The highest BCUT2D eigenvalue weighted by Crippen LogP contribution is 2.32. The Bertz CT molecular complexity index is 1000. The second-order valence-corrected chi connectivity index (χ2v) is 7.07. The number of fused-ring (bicyclic) bond motifs is 1. The summed E-state index contributed by atoms with van der Waals surface area (Å²) in [5.41, 5.74) is 1.88. The fourth-order valence-corrected chi connectivity index (χ4v) is 3.27. The third-order valence-electron chi connectivity index (χ3n) is 4.85. The number of furan rings is 1. The van der Waals surface area contributed by atoms with Crippen molar-refractivity contribution in [1.82, 2.24) is 5.32 Å². The first-order chi connectivity index (χ1) is 15.3. The zero-order chi connectivity index (χ0) is 21.3. The van der Waals surface area contributed by atoms with Gasteiger partial charge in [-0.3, -0.25) is 0 Å². The first-order valence-electron chi connectivity index (χ1n) is 10.4. The predicted octanol–water partition coefficient (Wildman–Crippen LogP) is 4.25. The number of para-hydroxylation sites is 1. The van der Waals surface area contributed by atoms with Crippen LogP contribution < -0.4 is 24.8 Å². The smallest absolute Gasteiger partial charge is 0.196 e. The van der Waals surface area contributed by atoms with E-state index < -0.39 is 0 Å². The maximum absolute atomic E-state index is 5.81. The van der Waals surface area contributed by atoms with Gasteiger partial charge in [0.2, 0.25) is 0 Å². The molecule has 2 heterocycles. The van der Waals surface area contributed by atoms with Crippen molar-refractivity contribution in [2.45, 2.75) is 19.4 Å². The van der Waals surface area contributed by atoms with E-state index in [4.69, 9.17) is 23.6 Å². The average molecular weight is 421 g/mol. The van der Waals surface area contributed by atoms with Crippen LogP contribution in [0.3, 0.4) is 0 Å². The van der Waals surface area contributed by atoms with Gasteiger partial charge >= 0.3 is 0 Å². The minimum atomic E-state index is 0.477. The molecule has 1 aliphatic heterocycles. The number of ether oxygens (including phenoxy) is 3. The normalized spacial score (nSPS) is 13.4. The van der Waals surface area contributed by atoms with Gasteiger partial charge in [0.1, 0.15) is 11.5 Å². The summed E-state index contributed by atoms with van der Waals surface area (Å²) in [5.74, 6) is 3.90. The van der Waals surface area contributed by atoms with Crippen LogP contribution in [0.2, 0.25) is 0 Å². The number of anilines is 1. The molecule has 3 aromatic rings. The summed E-state index contributed by atoms with van der Waals surface area (Å²) >= 11 is 0. The van der Waals surface area contributed by atoms with Gasteiger partial charge in [-0.25, -0.2) is 4.99 Å². The van der Waals surface area contributed by atoms with Gasteiger partial charge in [-0.1, -0.05) is 18.2 Å². The van der Waals surface area contributed by atoms with E-state index in [0.717, 1.165) is 47.1 Å². The summed E-state index contributed by atoms with van der Waals surface area (Å²) in [6.07, 6.45) is 3.31. The third-order valence-corrected chi connectivity index (χ3v) is 4.85. The number of nitrogens with one attached hydrogen (secondary N) is 2. The molecule has 0 saturated carbocycles. The second kappa shape index (κ2) is 10.4. The highest BCUT2D eigenvalue weighted by molar-refractivity contribution is 5.94.